The molecular weight excluding hydrogens is 666 g/mol. The zero-order chi connectivity index (χ0) is 37.1. The SMILES string of the molecule is CCCCOc1nc(N(Cc2ccc(OC)cc2)Cc2ccc(OC)cc2)c2ncc(C(O)c3ccc(OCCNC(=O)OC(C)(C)C)nc3)n2n1. The number of amides is 1. The molecule has 1 amide bonds. The highest BCUT2D eigenvalue weighted by molar-refractivity contribution is 5.67. The predicted molar refractivity (Wildman–Crippen MR) is 195 cm³/mol. The Bertz CT molecular complexity index is 1830. The van der Waals surface area contributed by atoms with Gasteiger partial charge in [-0.2, -0.15) is 4.98 Å². The van der Waals surface area contributed by atoms with Crippen LogP contribution < -0.4 is 29.2 Å². The van der Waals surface area contributed by atoms with Gasteiger partial charge in [0.25, 0.3) is 0 Å². The average Bonchev–Trinajstić information content (AvgIpc) is 3.57. The van der Waals surface area contributed by atoms with E-state index in [-0.39, 0.29) is 19.2 Å². The summed E-state index contributed by atoms with van der Waals surface area (Å²) in [6.07, 6.45) is 3.23. The molecule has 52 heavy (non-hydrogen) atoms. The number of nitrogens with zero attached hydrogens (tertiary/aromatic N) is 6. The zero-order valence-electron chi connectivity index (χ0n) is 30.5. The first-order valence-electron chi connectivity index (χ1n) is 17.2. The summed E-state index contributed by atoms with van der Waals surface area (Å²) in [5.41, 5.74) is 2.83. The quantitative estimate of drug-likeness (QED) is 0.110. The molecule has 14 nitrogen and oxygen atoms in total. The summed E-state index contributed by atoms with van der Waals surface area (Å²) < 4.78 is 29.3. The molecule has 3 aromatic heterocycles. The lowest BCUT2D eigenvalue weighted by Crippen LogP contribution is -2.34. The summed E-state index contributed by atoms with van der Waals surface area (Å²) in [6, 6.07) is 19.3. The fraction of sp³-hybridized carbons (Fsp3) is 0.395. The highest BCUT2D eigenvalue weighted by Gasteiger charge is 2.24. The van der Waals surface area contributed by atoms with E-state index in [0.717, 1.165) is 35.5 Å². The normalized spacial score (nSPS) is 11.9. The van der Waals surface area contributed by atoms with Gasteiger partial charge in [0.05, 0.1) is 39.3 Å². The molecule has 276 valence electrons. The molecule has 5 rings (SSSR count). The van der Waals surface area contributed by atoms with Crippen LogP contribution in [0.2, 0.25) is 0 Å². The molecule has 0 bridgehead atoms. The third-order valence-electron chi connectivity index (χ3n) is 7.82. The number of alkyl carbamates (subject to hydrolysis) is 1. The van der Waals surface area contributed by atoms with E-state index in [1.165, 1.54) is 6.20 Å². The Morgan fingerprint density at radius 1 is 0.885 bits per heavy atom. The molecule has 0 radical (unpaired) electrons. The summed E-state index contributed by atoms with van der Waals surface area (Å²) in [5, 5.41) is 18.9. The maximum absolute atomic E-state index is 11.9. The van der Waals surface area contributed by atoms with Gasteiger partial charge in [-0.1, -0.05) is 37.6 Å². The second-order valence-electron chi connectivity index (χ2n) is 13.0. The number of carbonyl (C=O) groups is 1. The Labute approximate surface area is 303 Å². The molecule has 0 aliphatic carbocycles. The first-order chi connectivity index (χ1) is 25.1. The summed E-state index contributed by atoms with van der Waals surface area (Å²) in [4.78, 5) is 27.9. The molecule has 0 aliphatic heterocycles. The van der Waals surface area contributed by atoms with Crippen LogP contribution in [-0.4, -0.2) is 75.3 Å². The van der Waals surface area contributed by atoms with Crippen LogP contribution in [0.15, 0.2) is 73.1 Å². The monoisotopic (exact) mass is 713 g/mol. The van der Waals surface area contributed by atoms with Gasteiger partial charge in [-0.25, -0.2) is 19.3 Å². The molecule has 2 aromatic carbocycles. The van der Waals surface area contributed by atoms with Crippen molar-refractivity contribution in [2.75, 3.05) is 38.9 Å². The number of hydrogen-bond donors (Lipinski definition) is 2. The number of aromatic nitrogens is 5. The number of unbranched alkanes of at least 4 members (excludes halogenated alkanes) is 1. The number of nitrogens with one attached hydrogen (secondary N) is 1. The molecule has 1 unspecified atom stereocenters. The molecule has 0 saturated carbocycles. The summed E-state index contributed by atoms with van der Waals surface area (Å²) in [5.74, 6) is 2.40. The number of anilines is 1. The number of hydrogen-bond acceptors (Lipinski definition) is 12. The molecule has 5 aromatic rings. The first-order valence-corrected chi connectivity index (χ1v) is 17.2. The number of rotatable bonds is 17. The van der Waals surface area contributed by atoms with E-state index in [4.69, 9.17) is 33.7 Å². The Kier molecular flexibility index (Phi) is 12.7. The fourth-order valence-corrected chi connectivity index (χ4v) is 5.17. The molecule has 0 spiro atoms. The van der Waals surface area contributed by atoms with Gasteiger partial charge in [-0.15, -0.1) is 5.10 Å². The smallest absolute Gasteiger partial charge is 0.407 e. The number of fused-ring (bicyclic) bond motifs is 1. The van der Waals surface area contributed by atoms with E-state index >= 15 is 0 Å². The number of benzene rings is 2. The van der Waals surface area contributed by atoms with Gasteiger partial charge >= 0.3 is 12.1 Å². The number of aliphatic hydroxyl groups excluding tert-OH is 1. The number of pyridine rings is 1. The maximum atomic E-state index is 11.9. The summed E-state index contributed by atoms with van der Waals surface area (Å²) in [7, 11) is 3.28. The third kappa shape index (κ3) is 10.2. The minimum absolute atomic E-state index is 0.165. The van der Waals surface area contributed by atoms with Gasteiger partial charge in [0, 0.05) is 30.9 Å². The van der Waals surface area contributed by atoms with Crippen LogP contribution in [0.25, 0.3) is 5.65 Å². The van der Waals surface area contributed by atoms with E-state index in [2.05, 4.69) is 27.2 Å². The molecule has 14 heteroatoms. The van der Waals surface area contributed by atoms with E-state index in [1.54, 1.807) is 57.8 Å². The van der Waals surface area contributed by atoms with Gasteiger partial charge in [0.15, 0.2) is 11.5 Å². The van der Waals surface area contributed by atoms with Crippen molar-refractivity contribution in [3.63, 3.8) is 0 Å². The van der Waals surface area contributed by atoms with Crippen LogP contribution in [0.4, 0.5) is 10.6 Å². The minimum atomic E-state index is -1.13. The van der Waals surface area contributed by atoms with E-state index < -0.39 is 17.8 Å². The van der Waals surface area contributed by atoms with Crippen molar-refractivity contribution < 1.29 is 33.6 Å². The van der Waals surface area contributed by atoms with Crippen molar-refractivity contribution in [3.05, 3.63) is 95.4 Å². The second kappa shape index (κ2) is 17.5. The minimum Gasteiger partial charge on any atom is -0.497 e. The lowest BCUT2D eigenvalue weighted by Gasteiger charge is -2.25. The topological polar surface area (TPSA) is 155 Å². The number of imidazole rings is 1. The Hall–Kier alpha value is -5.63. The second-order valence-corrected chi connectivity index (χ2v) is 13.0. The van der Waals surface area contributed by atoms with Crippen molar-refractivity contribution in [1.29, 1.82) is 0 Å². The van der Waals surface area contributed by atoms with Crippen LogP contribution >= 0.6 is 0 Å². The first kappa shape index (κ1) is 37.6. The van der Waals surface area contributed by atoms with Crippen molar-refractivity contribution in [1.82, 2.24) is 29.9 Å². The molecule has 3 heterocycles. The van der Waals surface area contributed by atoms with Crippen LogP contribution in [0, 0.1) is 0 Å². The highest BCUT2D eigenvalue weighted by atomic mass is 16.6. The van der Waals surface area contributed by atoms with E-state index in [1.807, 2.05) is 48.5 Å². The van der Waals surface area contributed by atoms with Crippen molar-refractivity contribution in [2.24, 2.45) is 0 Å². The van der Waals surface area contributed by atoms with E-state index in [0.29, 0.717) is 48.3 Å². The zero-order valence-corrected chi connectivity index (χ0v) is 30.5. The lowest BCUT2D eigenvalue weighted by molar-refractivity contribution is 0.0519. The maximum Gasteiger partial charge on any atom is 0.407 e. The number of methoxy groups -OCH3 is 2. The van der Waals surface area contributed by atoms with Gasteiger partial charge in [-0.3, -0.25) is 0 Å². The van der Waals surface area contributed by atoms with Crippen LogP contribution in [0.5, 0.6) is 23.4 Å². The largest absolute Gasteiger partial charge is 0.497 e. The van der Waals surface area contributed by atoms with Gasteiger partial charge in [-0.05, 0) is 68.7 Å². The Balaban J connectivity index is 1.42. The Morgan fingerprint density at radius 2 is 1.54 bits per heavy atom. The van der Waals surface area contributed by atoms with Crippen LogP contribution in [0.3, 0.4) is 0 Å². The standard InChI is InChI=1S/C38H47N7O7/c1-7-8-20-51-36-42-35(44(24-26-9-14-29(48-5)15-10-26)25-27-11-16-30(49-6)17-12-27)34-41-23-31(45(34)43-36)33(46)28-13-18-32(40-22-28)50-21-19-39-37(47)52-38(2,3)4/h9-18,22-23,33,46H,7-8,19-21,24-25H2,1-6H3,(H,39,47). The lowest BCUT2D eigenvalue weighted by atomic mass is 10.1. The molecule has 0 fully saturated rings. The molecule has 2 N–H and O–H groups in total. The van der Waals surface area contributed by atoms with Crippen molar-refractivity contribution in [2.45, 2.75) is 65.3 Å². The molecular formula is C38H47N7O7. The van der Waals surface area contributed by atoms with Gasteiger partial charge in [0.1, 0.15) is 29.8 Å². The van der Waals surface area contributed by atoms with E-state index in [9.17, 15) is 9.90 Å². The molecule has 1 atom stereocenters. The Morgan fingerprint density at radius 3 is 2.10 bits per heavy atom. The van der Waals surface area contributed by atoms with Gasteiger partial charge in [0.2, 0.25) is 5.88 Å². The highest BCUT2D eigenvalue weighted by Crippen LogP contribution is 2.30. The predicted octanol–water partition coefficient (Wildman–Crippen LogP) is 5.91. The fourth-order valence-electron chi connectivity index (χ4n) is 5.17. The summed E-state index contributed by atoms with van der Waals surface area (Å²) >= 11 is 0. The van der Waals surface area contributed by atoms with Crippen molar-refractivity contribution >= 4 is 17.6 Å². The molecule has 0 saturated heterocycles. The number of aliphatic hydroxyl groups is 1. The van der Waals surface area contributed by atoms with Crippen LogP contribution in [0.1, 0.15) is 69.0 Å². The van der Waals surface area contributed by atoms with Crippen LogP contribution in [-0.2, 0) is 17.8 Å². The number of carbonyl (C=O) groups excluding carboxylic acids is 1. The molecule has 0 aliphatic rings. The average molecular weight is 714 g/mol. The number of ether oxygens (including phenoxy) is 5. The van der Waals surface area contributed by atoms with Gasteiger partial charge < -0.3 is 39.0 Å². The third-order valence-corrected chi connectivity index (χ3v) is 7.82. The van der Waals surface area contributed by atoms with Crippen molar-refractivity contribution in [3.8, 4) is 23.4 Å². The summed E-state index contributed by atoms with van der Waals surface area (Å²) in [6.45, 7) is 9.30.